The second-order valence-electron chi connectivity index (χ2n) is 8.89. The van der Waals surface area contributed by atoms with Crippen LogP contribution >= 0.6 is 11.3 Å². The Kier molecular flexibility index (Phi) is 5.66. The minimum absolute atomic E-state index is 0.0539. The number of aromatic nitrogens is 3. The summed E-state index contributed by atoms with van der Waals surface area (Å²) in [6.07, 6.45) is 0.743. The SMILES string of the molecule is COc1ccc(N2CCOCC2)c2sc(-c3nc4c([nH]3)CCN(C(=O)c3ccccc3C)C4)nc12. The number of amides is 1. The second kappa shape index (κ2) is 8.98. The number of anilines is 1. The standard InChI is InChI=1S/C26H27N5O3S/c1-16-5-3-4-6-17(16)26(32)31-10-9-18-19(15-31)28-24(27-18)25-29-22-21(33-2)8-7-20(23(22)35-25)30-11-13-34-14-12-30/h3-8H,9-15H2,1-2H3,(H,27,28). The van der Waals surface area contributed by atoms with Gasteiger partial charge in [-0.05, 0) is 30.7 Å². The molecule has 1 saturated heterocycles. The van der Waals surface area contributed by atoms with E-state index in [-0.39, 0.29) is 5.91 Å². The minimum Gasteiger partial charge on any atom is -0.494 e. The van der Waals surface area contributed by atoms with Crippen LogP contribution in [0.5, 0.6) is 5.75 Å². The molecule has 0 aliphatic carbocycles. The van der Waals surface area contributed by atoms with Crippen molar-refractivity contribution in [1.82, 2.24) is 19.9 Å². The Hall–Kier alpha value is -3.43. The summed E-state index contributed by atoms with van der Waals surface area (Å²) in [6.45, 7) is 6.29. The molecule has 0 saturated carbocycles. The topological polar surface area (TPSA) is 83.6 Å². The number of fused-ring (bicyclic) bond motifs is 2. The number of hydrogen-bond donors (Lipinski definition) is 1. The lowest BCUT2D eigenvalue weighted by atomic mass is 10.1. The third-order valence-corrected chi connectivity index (χ3v) is 7.84. The molecule has 0 bridgehead atoms. The van der Waals surface area contributed by atoms with Gasteiger partial charge in [0.25, 0.3) is 5.91 Å². The average molecular weight is 490 g/mol. The molecule has 1 N–H and O–H groups in total. The number of aromatic amines is 1. The zero-order chi connectivity index (χ0) is 23.9. The smallest absolute Gasteiger partial charge is 0.254 e. The van der Waals surface area contributed by atoms with Crippen molar-refractivity contribution in [2.75, 3.05) is 44.9 Å². The molecule has 6 rings (SSSR count). The Bertz CT molecular complexity index is 1410. The van der Waals surface area contributed by atoms with Crippen LogP contribution in [0.1, 0.15) is 27.3 Å². The van der Waals surface area contributed by atoms with Crippen molar-refractivity contribution >= 4 is 33.1 Å². The van der Waals surface area contributed by atoms with Crippen LogP contribution in [-0.2, 0) is 17.7 Å². The number of morpholine rings is 1. The van der Waals surface area contributed by atoms with Crippen LogP contribution in [0.25, 0.3) is 21.0 Å². The van der Waals surface area contributed by atoms with E-state index in [2.05, 4.69) is 16.0 Å². The summed E-state index contributed by atoms with van der Waals surface area (Å²) in [4.78, 5) is 30.7. The number of methoxy groups -OCH3 is 1. The number of thiazole rings is 1. The number of carbonyl (C=O) groups is 1. The summed E-state index contributed by atoms with van der Waals surface area (Å²) >= 11 is 1.62. The first-order valence-corrected chi connectivity index (χ1v) is 12.7. The lowest BCUT2D eigenvalue weighted by Gasteiger charge is -2.29. The van der Waals surface area contributed by atoms with E-state index in [4.69, 9.17) is 19.4 Å². The van der Waals surface area contributed by atoms with Crippen LogP contribution in [0.3, 0.4) is 0 Å². The van der Waals surface area contributed by atoms with Gasteiger partial charge >= 0.3 is 0 Å². The molecule has 2 aromatic heterocycles. The van der Waals surface area contributed by atoms with Gasteiger partial charge in [0.1, 0.15) is 11.3 Å². The van der Waals surface area contributed by atoms with E-state index < -0.39 is 0 Å². The first-order valence-electron chi connectivity index (χ1n) is 11.9. The van der Waals surface area contributed by atoms with Crippen molar-refractivity contribution in [2.24, 2.45) is 0 Å². The molecule has 0 atom stereocenters. The Morgan fingerprint density at radius 3 is 2.74 bits per heavy atom. The average Bonchev–Trinajstić information content (AvgIpc) is 3.53. The molecular weight excluding hydrogens is 462 g/mol. The van der Waals surface area contributed by atoms with Crippen LogP contribution in [0.4, 0.5) is 5.69 Å². The van der Waals surface area contributed by atoms with E-state index in [1.807, 2.05) is 42.2 Å². The molecule has 4 heterocycles. The van der Waals surface area contributed by atoms with Crippen molar-refractivity contribution < 1.29 is 14.3 Å². The number of hydrogen-bond acceptors (Lipinski definition) is 7. The predicted molar refractivity (Wildman–Crippen MR) is 136 cm³/mol. The van der Waals surface area contributed by atoms with E-state index in [9.17, 15) is 4.79 Å². The molecule has 2 aliphatic heterocycles. The number of imidazole rings is 1. The molecule has 9 heteroatoms. The first kappa shape index (κ1) is 22.1. The number of rotatable bonds is 4. The lowest BCUT2D eigenvalue weighted by molar-refractivity contribution is 0.0731. The molecule has 0 spiro atoms. The summed E-state index contributed by atoms with van der Waals surface area (Å²) < 4.78 is 12.2. The maximum absolute atomic E-state index is 13.1. The van der Waals surface area contributed by atoms with Gasteiger partial charge in [-0.1, -0.05) is 18.2 Å². The van der Waals surface area contributed by atoms with Crippen LogP contribution in [0, 0.1) is 6.92 Å². The highest BCUT2D eigenvalue weighted by molar-refractivity contribution is 7.22. The summed E-state index contributed by atoms with van der Waals surface area (Å²) in [5.41, 5.74) is 5.73. The molecule has 0 radical (unpaired) electrons. The highest BCUT2D eigenvalue weighted by Crippen LogP contribution is 2.40. The number of aryl methyl sites for hydroxylation is 1. The number of H-pyrrole nitrogens is 1. The van der Waals surface area contributed by atoms with Gasteiger partial charge in [0.15, 0.2) is 10.8 Å². The number of carbonyl (C=O) groups excluding carboxylic acids is 1. The molecule has 0 unspecified atom stereocenters. The highest BCUT2D eigenvalue weighted by atomic mass is 32.1. The van der Waals surface area contributed by atoms with E-state index in [1.54, 1.807) is 18.4 Å². The first-order chi connectivity index (χ1) is 17.1. The van der Waals surface area contributed by atoms with Crippen LogP contribution in [0.15, 0.2) is 36.4 Å². The van der Waals surface area contributed by atoms with Crippen molar-refractivity contribution in [3.63, 3.8) is 0 Å². The van der Waals surface area contributed by atoms with Gasteiger partial charge in [-0.15, -0.1) is 11.3 Å². The van der Waals surface area contributed by atoms with Crippen LogP contribution in [-0.4, -0.2) is 65.7 Å². The largest absolute Gasteiger partial charge is 0.494 e. The van der Waals surface area contributed by atoms with Gasteiger partial charge in [0.2, 0.25) is 0 Å². The van der Waals surface area contributed by atoms with E-state index in [0.29, 0.717) is 13.1 Å². The molecule has 1 amide bonds. The maximum Gasteiger partial charge on any atom is 0.254 e. The van der Waals surface area contributed by atoms with Gasteiger partial charge in [0.05, 0.1) is 42.9 Å². The van der Waals surface area contributed by atoms with Gasteiger partial charge < -0.3 is 24.3 Å². The van der Waals surface area contributed by atoms with Gasteiger partial charge in [-0.2, -0.15) is 0 Å². The zero-order valence-corrected chi connectivity index (χ0v) is 20.7. The fraction of sp³-hybridized carbons (Fsp3) is 0.346. The van der Waals surface area contributed by atoms with E-state index in [1.165, 1.54) is 0 Å². The molecule has 35 heavy (non-hydrogen) atoms. The predicted octanol–water partition coefficient (Wildman–Crippen LogP) is 4.04. The summed E-state index contributed by atoms with van der Waals surface area (Å²) in [7, 11) is 1.67. The summed E-state index contributed by atoms with van der Waals surface area (Å²) in [6, 6.07) is 11.8. The molecule has 2 aromatic carbocycles. The molecular formula is C26H27N5O3S. The second-order valence-corrected chi connectivity index (χ2v) is 9.88. The number of ether oxygens (including phenoxy) is 2. The van der Waals surface area contributed by atoms with Crippen LogP contribution in [0.2, 0.25) is 0 Å². The van der Waals surface area contributed by atoms with Gasteiger partial charge in [-0.25, -0.2) is 9.97 Å². The van der Waals surface area contributed by atoms with Gasteiger partial charge in [-0.3, -0.25) is 4.79 Å². The minimum atomic E-state index is 0.0539. The quantitative estimate of drug-likeness (QED) is 0.466. The fourth-order valence-electron chi connectivity index (χ4n) is 4.84. The Morgan fingerprint density at radius 1 is 1.11 bits per heavy atom. The summed E-state index contributed by atoms with van der Waals surface area (Å²) in [5, 5.41) is 0.824. The maximum atomic E-state index is 13.1. The van der Waals surface area contributed by atoms with Crippen molar-refractivity contribution in [1.29, 1.82) is 0 Å². The number of nitrogens with one attached hydrogen (secondary N) is 1. The molecule has 1 fully saturated rings. The van der Waals surface area contributed by atoms with Crippen molar-refractivity contribution in [3.05, 3.63) is 58.9 Å². The molecule has 8 nitrogen and oxygen atoms in total. The number of nitrogens with zero attached hydrogens (tertiary/aromatic N) is 4. The van der Waals surface area contributed by atoms with Crippen molar-refractivity contribution in [3.8, 4) is 16.6 Å². The van der Waals surface area contributed by atoms with Gasteiger partial charge in [0, 0.05) is 37.3 Å². The third-order valence-electron chi connectivity index (χ3n) is 6.76. The van der Waals surface area contributed by atoms with E-state index >= 15 is 0 Å². The fourth-order valence-corrected chi connectivity index (χ4v) is 5.90. The Morgan fingerprint density at radius 2 is 1.94 bits per heavy atom. The van der Waals surface area contributed by atoms with Crippen LogP contribution < -0.4 is 9.64 Å². The lowest BCUT2D eigenvalue weighted by Crippen LogP contribution is -2.36. The van der Waals surface area contributed by atoms with Crippen molar-refractivity contribution in [2.45, 2.75) is 19.9 Å². The molecule has 4 aromatic rings. The Balaban J connectivity index is 1.32. The highest BCUT2D eigenvalue weighted by Gasteiger charge is 2.27. The third kappa shape index (κ3) is 3.94. The zero-order valence-electron chi connectivity index (χ0n) is 19.8. The molecule has 2 aliphatic rings. The Labute approximate surface area is 207 Å². The molecule has 180 valence electrons. The van der Waals surface area contributed by atoms with E-state index in [0.717, 1.165) is 87.7 Å². The monoisotopic (exact) mass is 489 g/mol. The summed E-state index contributed by atoms with van der Waals surface area (Å²) in [5.74, 6) is 1.56. The number of benzene rings is 2. The normalized spacial score (nSPS) is 15.9.